The van der Waals surface area contributed by atoms with Crippen LogP contribution < -0.4 is 10.2 Å². The number of amides is 1. The lowest BCUT2D eigenvalue weighted by atomic mass is 10.2. The molecule has 0 aliphatic carbocycles. The normalized spacial score (nSPS) is 13.8. The number of rotatable bonds is 5. The van der Waals surface area contributed by atoms with Gasteiger partial charge in [0.1, 0.15) is 0 Å². The van der Waals surface area contributed by atoms with Gasteiger partial charge in [0.05, 0.1) is 5.69 Å². The van der Waals surface area contributed by atoms with E-state index in [0.717, 1.165) is 35.5 Å². The van der Waals surface area contributed by atoms with E-state index in [0.29, 0.717) is 18.9 Å². The molecule has 6 nitrogen and oxygen atoms in total. The monoisotopic (exact) mass is 345 g/mol. The van der Waals surface area contributed by atoms with Crippen molar-refractivity contribution >= 4 is 17.5 Å². The maximum Gasteiger partial charge on any atom is 0.227 e. The summed E-state index contributed by atoms with van der Waals surface area (Å²) in [5.74, 6) is 0.787. The number of benzene rings is 1. The average molecular weight is 345 g/mol. The minimum absolute atomic E-state index is 0.206. The molecule has 0 radical (unpaired) electrons. The second-order valence-electron chi connectivity index (χ2n) is 6.17. The molecular weight excluding hydrogens is 326 g/mol. The molecule has 1 aliphatic heterocycles. The van der Waals surface area contributed by atoms with Crippen LogP contribution in [0.3, 0.4) is 0 Å². The number of carbonyl (C=O) groups is 1. The van der Waals surface area contributed by atoms with Crippen LogP contribution in [0, 0.1) is 0 Å². The number of carbonyl (C=O) groups excluding carboxylic acids is 1. The average Bonchev–Trinajstić information content (AvgIpc) is 3.14. The third-order valence-corrected chi connectivity index (χ3v) is 4.40. The van der Waals surface area contributed by atoms with Crippen molar-refractivity contribution in [2.24, 2.45) is 0 Å². The predicted molar refractivity (Wildman–Crippen MR) is 101 cm³/mol. The molecule has 26 heavy (non-hydrogen) atoms. The highest BCUT2D eigenvalue weighted by molar-refractivity contribution is 5.95. The second-order valence-corrected chi connectivity index (χ2v) is 6.17. The Morgan fingerprint density at radius 2 is 1.81 bits per heavy atom. The number of nitrogens with zero attached hydrogens (tertiary/aromatic N) is 4. The van der Waals surface area contributed by atoms with Gasteiger partial charge in [-0.3, -0.25) is 9.78 Å². The van der Waals surface area contributed by atoms with Crippen molar-refractivity contribution in [2.75, 3.05) is 16.8 Å². The number of aromatic nitrogens is 3. The Bertz CT molecular complexity index is 896. The Hall–Kier alpha value is -3.28. The first-order valence-corrected chi connectivity index (χ1v) is 8.66. The van der Waals surface area contributed by atoms with Crippen molar-refractivity contribution in [3.05, 3.63) is 66.6 Å². The van der Waals surface area contributed by atoms with Gasteiger partial charge in [0.15, 0.2) is 0 Å². The number of pyridine rings is 1. The van der Waals surface area contributed by atoms with E-state index in [1.54, 1.807) is 18.6 Å². The van der Waals surface area contributed by atoms with Crippen LogP contribution in [0.4, 0.5) is 11.6 Å². The minimum Gasteiger partial charge on any atom is -0.350 e. The van der Waals surface area contributed by atoms with Gasteiger partial charge in [-0.05, 0) is 42.3 Å². The van der Waals surface area contributed by atoms with Crippen LogP contribution in [-0.4, -0.2) is 27.4 Å². The fourth-order valence-corrected chi connectivity index (χ4v) is 3.02. The van der Waals surface area contributed by atoms with Gasteiger partial charge < -0.3 is 10.2 Å². The summed E-state index contributed by atoms with van der Waals surface area (Å²) in [5.41, 5.74) is 3.93. The van der Waals surface area contributed by atoms with Crippen LogP contribution in [0.1, 0.15) is 18.4 Å². The smallest absolute Gasteiger partial charge is 0.227 e. The van der Waals surface area contributed by atoms with E-state index in [1.807, 2.05) is 47.4 Å². The number of hydrogen-bond donors (Lipinski definition) is 1. The third-order valence-electron chi connectivity index (χ3n) is 4.40. The Morgan fingerprint density at radius 1 is 1.00 bits per heavy atom. The summed E-state index contributed by atoms with van der Waals surface area (Å²) in [7, 11) is 0. The zero-order valence-corrected chi connectivity index (χ0v) is 14.3. The van der Waals surface area contributed by atoms with Crippen LogP contribution in [0.2, 0.25) is 0 Å². The first kappa shape index (κ1) is 16.2. The largest absolute Gasteiger partial charge is 0.350 e. The molecule has 2 aromatic heterocycles. The molecule has 130 valence electrons. The molecule has 1 N–H and O–H groups in total. The molecule has 0 atom stereocenters. The second kappa shape index (κ2) is 7.31. The standard InChI is InChI=1S/C20H19N5O/c26-19-2-1-13-25(19)17-5-3-15(4-6-17)14-23-20-22-12-9-18(24-20)16-7-10-21-11-8-16/h3-12H,1-2,13-14H2,(H,22,23,24). The van der Waals surface area contributed by atoms with Gasteiger partial charge >= 0.3 is 0 Å². The van der Waals surface area contributed by atoms with Crippen LogP contribution in [0.5, 0.6) is 0 Å². The summed E-state index contributed by atoms with van der Waals surface area (Å²) in [6.07, 6.45) is 6.82. The lowest BCUT2D eigenvalue weighted by Crippen LogP contribution is -2.23. The van der Waals surface area contributed by atoms with Crippen LogP contribution in [0.25, 0.3) is 11.3 Å². The zero-order valence-electron chi connectivity index (χ0n) is 14.3. The van der Waals surface area contributed by atoms with E-state index in [4.69, 9.17) is 0 Å². The quantitative estimate of drug-likeness (QED) is 0.768. The highest BCUT2D eigenvalue weighted by Gasteiger charge is 2.21. The van der Waals surface area contributed by atoms with Gasteiger partial charge in [-0.2, -0.15) is 0 Å². The summed E-state index contributed by atoms with van der Waals surface area (Å²) in [6.45, 7) is 1.43. The molecule has 1 aromatic carbocycles. The molecule has 3 aromatic rings. The van der Waals surface area contributed by atoms with E-state index in [2.05, 4.69) is 20.3 Å². The highest BCUT2D eigenvalue weighted by Crippen LogP contribution is 2.22. The maximum atomic E-state index is 11.8. The predicted octanol–water partition coefficient (Wildman–Crippen LogP) is 3.28. The minimum atomic E-state index is 0.206. The van der Waals surface area contributed by atoms with Crippen LogP contribution in [-0.2, 0) is 11.3 Å². The first-order valence-electron chi connectivity index (χ1n) is 8.66. The number of anilines is 2. The molecule has 0 unspecified atom stereocenters. The van der Waals surface area contributed by atoms with E-state index in [9.17, 15) is 4.79 Å². The maximum absolute atomic E-state index is 11.8. The summed E-state index contributed by atoms with van der Waals surface area (Å²) in [4.78, 5) is 26.5. The molecule has 0 spiro atoms. The Kier molecular flexibility index (Phi) is 4.55. The van der Waals surface area contributed by atoms with Gasteiger partial charge in [-0.15, -0.1) is 0 Å². The molecule has 1 aliphatic rings. The van der Waals surface area contributed by atoms with Crippen molar-refractivity contribution in [2.45, 2.75) is 19.4 Å². The van der Waals surface area contributed by atoms with Gasteiger partial charge in [-0.1, -0.05) is 12.1 Å². The lowest BCUT2D eigenvalue weighted by molar-refractivity contribution is -0.117. The molecule has 0 saturated carbocycles. The van der Waals surface area contributed by atoms with E-state index in [-0.39, 0.29) is 5.91 Å². The number of hydrogen-bond acceptors (Lipinski definition) is 5. The molecule has 1 saturated heterocycles. The molecule has 4 rings (SSSR count). The summed E-state index contributed by atoms with van der Waals surface area (Å²) in [6, 6.07) is 13.8. The molecular formula is C20H19N5O. The molecule has 3 heterocycles. The van der Waals surface area contributed by atoms with Crippen molar-refractivity contribution < 1.29 is 4.79 Å². The van der Waals surface area contributed by atoms with Crippen LogP contribution in [0.15, 0.2) is 61.1 Å². The van der Waals surface area contributed by atoms with E-state index >= 15 is 0 Å². The molecule has 1 fully saturated rings. The van der Waals surface area contributed by atoms with Crippen molar-refractivity contribution in [1.29, 1.82) is 0 Å². The van der Waals surface area contributed by atoms with Gasteiger partial charge in [0.2, 0.25) is 11.9 Å². The van der Waals surface area contributed by atoms with Crippen LogP contribution >= 0.6 is 0 Å². The fraction of sp³-hybridized carbons (Fsp3) is 0.200. The summed E-state index contributed by atoms with van der Waals surface area (Å²) in [5, 5.41) is 3.25. The summed E-state index contributed by atoms with van der Waals surface area (Å²) < 4.78 is 0. The Labute approximate surface area is 151 Å². The zero-order chi connectivity index (χ0) is 17.8. The van der Waals surface area contributed by atoms with E-state index < -0.39 is 0 Å². The van der Waals surface area contributed by atoms with E-state index in [1.165, 1.54) is 0 Å². The van der Waals surface area contributed by atoms with Gasteiger partial charge in [0, 0.05) is 49.4 Å². The van der Waals surface area contributed by atoms with Crippen molar-refractivity contribution in [3.8, 4) is 11.3 Å². The fourth-order valence-electron chi connectivity index (χ4n) is 3.02. The lowest BCUT2D eigenvalue weighted by Gasteiger charge is -2.16. The SMILES string of the molecule is O=C1CCCN1c1ccc(CNc2nccc(-c3ccncc3)n2)cc1. The Morgan fingerprint density at radius 3 is 2.54 bits per heavy atom. The van der Waals surface area contributed by atoms with Gasteiger partial charge in [-0.25, -0.2) is 9.97 Å². The topological polar surface area (TPSA) is 71.0 Å². The summed E-state index contributed by atoms with van der Waals surface area (Å²) >= 11 is 0. The van der Waals surface area contributed by atoms with Crippen molar-refractivity contribution in [1.82, 2.24) is 15.0 Å². The van der Waals surface area contributed by atoms with Gasteiger partial charge in [0.25, 0.3) is 0 Å². The third kappa shape index (κ3) is 3.54. The Balaban J connectivity index is 1.42. The first-order chi connectivity index (χ1) is 12.8. The van der Waals surface area contributed by atoms with Crippen molar-refractivity contribution in [3.63, 3.8) is 0 Å². The highest BCUT2D eigenvalue weighted by atomic mass is 16.2. The molecule has 6 heteroatoms. The molecule has 1 amide bonds. The molecule has 0 bridgehead atoms. The number of nitrogens with one attached hydrogen (secondary N) is 1.